The number of nitrogens with zero attached hydrogens (tertiary/aromatic N) is 4. The van der Waals surface area contributed by atoms with Crippen LogP contribution in [0.25, 0.3) is 10.6 Å². The molecule has 0 unspecified atom stereocenters. The fourth-order valence-corrected chi connectivity index (χ4v) is 4.58. The van der Waals surface area contributed by atoms with Crippen molar-refractivity contribution in [3.8, 4) is 10.6 Å². The molecule has 9 heteroatoms. The first kappa shape index (κ1) is 20.8. The van der Waals surface area contributed by atoms with Gasteiger partial charge in [0.2, 0.25) is 4.80 Å². The lowest BCUT2D eigenvalue weighted by Gasteiger charge is -2.06. The van der Waals surface area contributed by atoms with E-state index in [1.807, 2.05) is 29.0 Å². The largest absolute Gasteiger partial charge is 0.272 e. The van der Waals surface area contributed by atoms with Crippen LogP contribution >= 0.6 is 22.7 Å². The smallest absolute Gasteiger partial charge is 0.258 e. The van der Waals surface area contributed by atoms with E-state index in [2.05, 4.69) is 4.99 Å². The Hall–Kier alpha value is -3.43. The highest BCUT2D eigenvalue weighted by molar-refractivity contribution is 7.14. The molecule has 0 spiro atoms. The monoisotopic (exact) mass is 452 g/mol. The first-order valence-electron chi connectivity index (χ1n) is 9.28. The number of nitro groups is 1. The predicted octanol–water partition coefficient (Wildman–Crippen LogP) is 6.14. The van der Waals surface area contributed by atoms with Gasteiger partial charge in [0.1, 0.15) is 5.82 Å². The van der Waals surface area contributed by atoms with Crippen LogP contribution in [0.3, 0.4) is 0 Å². The Morgan fingerprint density at radius 1 is 1.13 bits per heavy atom. The number of hydrogen-bond acceptors (Lipinski definition) is 6. The van der Waals surface area contributed by atoms with E-state index < -0.39 is 4.92 Å². The molecule has 4 rings (SSSR count). The van der Waals surface area contributed by atoms with Gasteiger partial charge in [-0.2, -0.15) is 5.10 Å². The molecule has 0 bridgehead atoms. The summed E-state index contributed by atoms with van der Waals surface area (Å²) in [6.45, 7) is 3.51. The Kier molecular flexibility index (Phi) is 5.88. The average Bonchev–Trinajstić information content (AvgIpc) is 3.40. The molecule has 2 aromatic carbocycles. The lowest BCUT2D eigenvalue weighted by molar-refractivity contribution is -0.385. The molecule has 31 heavy (non-hydrogen) atoms. The number of rotatable bonds is 5. The van der Waals surface area contributed by atoms with Crippen LogP contribution in [-0.2, 0) is 0 Å². The van der Waals surface area contributed by atoms with Gasteiger partial charge in [-0.1, -0.05) is 18.2 Å². The fourth-order valence-electron chi connectivity index (χ4n) is 2.93. The van der Waals surface area contributed by atoms with Crippen molar-refractivity contribution in [2.75, 3.05) is 0 Å². The molecule has 0 aliphatic rings. The highest BCUT2D eigenvalue weighted by Crippen LogP contribution is 2.26. The standard InChI is InChI=1S/C22H17FN4O2S2/c1-14-5-6-16(12-19(14)27(28)29)15(2)25-26-20(21-4-3-11-30-21)13-31-22(26)24-18-9-7-17(23)8-10-18/h3-13H,1-2H3. The first-order valence-corrected chi connectivity index (χ1v) is 11.0. The van der Waals surface area contributed by atoms with Crippen molar-refractivity contribution in [3.63, 3.8) is 0 Å². The van der Waals surface area contributed by atoms with Gasteiger partial charge in [-0.3, -0.25) is 10.1 Å². The second-order valence-corrected chi connectivity index (χ2v) is 8.51. The molecule has 0 N–H and O–H groups in total. The quantitative estimate of drug-likeness (QED) is 0.207. The average molecular weight is 453 g/mol. The van der Waals surface area contributed by atoms with E-state index in [0.29, 0.717) is 27.3 Å². The van der Waals surface area contributed by atoms with Crippen LogP contribution in [0.5, 0.6) is 0 Å². The Balaban J connectivity index is 1.86. The molecule has 0 fully saturated rings. The van der Waals surface area contributed by atoms with Crippen molar-refractivity contribution in [2.45, 2.75) is 13.8 Å². The highest BCUT2D eigenvalue weighted by Gasteiger charge is 2.14. The van der Waals surface area contributed by atoms with E-state index in [1.54, 1.807) is 48.1 Å². The number of aromatic nitrogens is 1. The van der Waals surface area contributed by atoms with Gasteiger partial charge in [0.15, 0.2) is 0 Å². The maximum atomic E-state index is 13.3. The van der Waals surface area contributed by atoms with Gasteiger partial charge in [0, 0.05) is 22.6 Å². The minimum absolute atomic E-state index is 0.0528. The molecule has 2 heterocycles. The molecular weight excluding hydrogens is 435 g/mol. The van der Waals surface area contributed by atoms with Crippen molar-refractivity contribution < 1.29 is 9.31 Å². The summed E-state index contributed by atoms with van der Waals surface area (Å²) < 4.78 is 15.0. The molecule has 0 saturated carbocycles. The van der Waals surface area contributed by atoms with Gasteiger partial charge in [0.05, 0.1) is 26.9 Å². The summed E-state index contributed by atoms with van der Waals surface area (Å²) in [5.41, 5.74) is 3.38. The molecule has 0 atom stereocenters. The highest BCUT2D eigenvalue weighted by atomic mass is 32.1. The summed E-state index contributed by atoms with van der Waals surface area (Å²) in [7, 11) is 0. The van der Waals surface area contributed by atoms with Crippen LogP contribution in [0.4, 0.5) is 15.8 Å². The van der Waals surface area contributed by atoms with Crippen molar-refractivity contribution in [1.29, 1.82) is 0 Å². The number of nitro benzene ring substituents is 1. The number of thiazole rings is 1. The number of halogens is 1. The zero-order chi connectivity index (χ0) is 22.0. The second-order valence-electron chi connectivity index (χ2n) is 6.72. The number of benzene rings is 2. The summed E-state index contributed by atoms with van der Waals surface area (Å²) in [6, 6.07) is 14.9. The molecule has 0 amide bonds. The summed E-state index contributed by atoms with van der Waals surface area (Å²) in [5, 5.41) is 20.0. The molecule has 0 radical (unpaired) electrons. The van der Waals surface area contributed by atoms with E-state index in [0.717, 1.165) is 10.6 Å². The topological polar surface area (TPSA) is 72.8 Å². The Morgan fingerprint density at radius 3 is 2.58 bits per heavy atom. The van der Waals surface area contributed by atoms with Crippen molar-refractivity contribution in [3.05, 3.63) is 97.2 Å². The fraction of sp³-hybridized carbons (Fsp3) is 0.0909. The van der Waals surface area contributed by atoms with Gasteiger partial charge in [0.25, 0.3) is 5.69 Å². The lowest BCUT2D eigenvalue weighted by Crippen LogP contribution is -2.13. The van der Waals surface area contributed by atoms with Crippen LogP contribution in [0.2, 0.25) is 0 Å². The molecule has 0 saturated heterocycles. The Bertz CT molecular complexity index is 1340. The molecular formula is C22H17FN4O2S2. The van der Waals surface area contributed by atoms with Crippen LogP contribution in [0, 0.1) is 22.9 Å². The Labute approximate surface area is 185 Å². The number of hydrogen-bond donors (Lipinski definition) is 0. The van der Waals surface area contributed by atoms with Gasteiger partial charge in [-0.15, -0.1) is 22.7 Å². The summed E-state index contributed by atoms with van der Waals surface area (Å²) >= 11 is 2.99. The molecule has 0 aliphatic carbocycles. The molecule has 6 nitrogen and oxygen atoms in total. The van der Waals surface area contributed by atoms with E-state index in [9.17, 15) is 14.5 Å². The van der Waals surface area contributed by atoms with Crippen LogP contribution in [0.15, 0.2) is 75.5 Å². The van der Waals surface area contributed by atoms with Gasteiger partial charge < -0.3 is 0 Å². The number of aryl methyl sites for hydroxylation is 1. The predicted molar refractivity (Wildman–Crippen MR) is 123 cm³/mol. The van der Waals surface area contributed by atoms with Crippen LogP contribution in [0.1, 0.15) is 18.1 Å². The minimum atomic E-state index is -0.393. The lowest BCUT2D eigenvalue weighted by atomic mass is 10.1. The van der Waals surface area contributed by atoms with E-state index in [-0.39, 0.29) is 11.5 Å². The van der Waals surface area contributed by atoms with Crippen LogP contribution < -0.4 is 4.80 Å². The second kappa shape index (κ2) is 8.75. The zero-order valence-corrected chi connectivity index (χ0v) is 18.3. The van der Waals surface area contributed by atoms with E-state index in [1.165, 1.54) is 29.5 Å². The van der Waals surface area contributed by atoms with Crippen LogP contribution in [-0.4, -0.2) is 15.3 Å². The molecule has 2 aromatic heterocycles. The van der Waals surface area contributed by atoms with Crippen molar-refractivity contribution >= 4 is 39.8 Å². The Morgan fingerprint density at radius 2 is 1.90 bits per heavy atom. The third-order valence-electron chi connectivity index (χ3n) is 4.58. The van der Waals surface area contributed by atoms with Gasteiger partial charge in [-0.05, 0) is 49.6 Å². The number of thiophene rings is 1. The van der Waals surface area contributed by atoms with Crippen molar-refractivity contribution in [1.82, 2.24) is 4.68 Å². The molecule has 4 aromatic rings. The molecule has 0 aliphatic heterocycles. The third-order valence-corrected chi connectivity index (χ3v) is 6.29. The minimum Gasteiger partial charge on any atom is -0.258 e. The zero-order valence-electron chi connectivity index (χ0n) is 16.7. The summed E-state index contributed by atoms with van der Waals surface area (Å²) in [6.07, 6.45) is 0. The maximum Gasteiger partial charge on any atom is 0.272 e. The summed E-state index contributed by atoms with van der Waals surface area (Å²) in [4.78, 5) is 17.2. The molecule has 156 valence electrons. The maximum absolute atomic E-state index is 13.3. The SMILES string of the molecule is CC(=Nn1c(-c2cccs2)csc1=Nc1ccc(F)cc1)c1ccc(C)c([N+](=O)[O-])c1. The van der Waals surface area contributed by atoms with Gasteiger partial charge >= 0.3 is 0 Å². The normalized spacial score (nSPS) is 12.4. The first-order chi connectivity index (χ1) is 14.9. The third kappa shape index (κ3) is 4.52. The van der Waals surface area contributed by atoms with Crippen molar-refractivity contribution in [2.24, 2.45) is 10.1 Å². The van der Waals surface area contributed by atoms with Gasteiger partial charge in [-0.25, -0.2) is 14.1 Å². The van der Waals surface area contributed by atoms with E-state index in [4.69, 9.17) is 5.10 Å². The van der Waals surface area contributed by atoms with E-state index >= 15 is 0 Å². The summed E-state index contributed by atoms with van der Waals surface area (Å²) in [5.74, 6) is -0.327.